The normalized spacial score (nSPS) is 15.7. The van der Waals surface area contributed by atoms with Gasteiger partial charge in [0.1, 0.15) is 5.82 Å². The van der Waals surface area contributed by atoms with Gasteiger partial charge in [0, 0.05) is 23.5 Å². The monoisotopic (exact) mass is 318 g/mol. The topological polar surface area (TPSA) is 58.1 Å². The maximum atomic E-state index is 11.9. The van der Waals surface area contributed by atoms with E-state index in [1.807, 2.05) is 32.9 Å². The molecule has 1 aliphatic rings. The summed E-state index contributed by atoms with van der Waals surface area (Å²) in [5.41, 5.74) is 1.25. The molecule has 1 fully saturated rings. The minimum Gasteiger partial charge on any atom is -0.351 e. The average Bonchev–Trinajstić information content (AvgIpc) is 2.40. The largest absolute Gasteiger partial charge is 0.351 e. The van der Waals surface area contributed by atoms with Crippen LogP contribution in [0.2, 0.25) is 5.02 Å². The number of halogens is 1. The van der Waals surface area contributed by atoms with Crippen molar-refractivity contribution in [2.75, 3.05) is 18.0 Å². The molecule has 3 rings (SSSR count). The van der Waals surface area contributed by atoms with Crippen LogP contribution in [0.25, 0.3) is 11.0 Å². The van der Waals surface area contributed by atoms with Crippen molar-refractivity contribution in [3.8, 4) is 0 Å². The molecular formula is C16H19ClN4O. The zero-order chi connectivity index (χ0) is 15.9. The third kappa shape index (κ3) is 2.99. The zero-order valence-corrected chi connectivity index (χ0v) is 13.7. The van der Waals surface area contributed by atoms with Crippen LogP contribution in [-0.2, 0) is 4.79 Å². The quantitative estimate of drug-likeness (QED) is 0.925. The number of aromatic nitrogens is 2. The molecule has 2 heterocycles. The number of carbonyl (C=O) groups excluding carboxylic acids is 1. The Balaban J connectivity index is 1.65. The van der Waals surface area contributed by atoms with E-state index >= 15 is 0 Å². The van der Waals surface area contributed by atoms with Crippen molar-refractivity contribution in [2.45, 2.75) is 26.8 Å². The second-order valence-corrected chi connectivity index (χ2v) is 7.12. The SMILES string of the molecule is CC(C)(C)C(=O)NC1CN(c2cnc3cc(Cl)ccc3n2)C1. The Morgan fingerprint density at radius 3 is 2.73 bits per heavy atom. The molecule has 0 saturated carbocycles. The minimum absolute atomic E-state index is 0.0800. The molecule has 116 valence electrons. The number of benzene rings is 1. The van der Waals surface area contributed by atoms with Crippen molar-refractivity contribution < 1.29 is 4.79 Å². The smallest absolute Gasteiger partial charge is 0.225 e. The first-order valence-corrected chi connectivity index (χ1v) is 7.69. The predicted octanol–water partition coefficient (Wildman–Crippen LogP) is 2.63. The molecule has 1 aromatic heterocycles. The van der Waals surface area contributed by atoms with Gasteiger partial charge in [-0.05, 0) is 18.2 Å². The molecule has 1 N–H and O–H groups in total. The fourth-order valence-corrected chi connectivity index (χ4v) is 2.45. The van der Waals surface area contributed by atoms with Crippen LogP contribution in [0.4, 0.5) is 5.82 Å². The molecular weight excluding hydrogens is 300 g/mol. The van der Waals surface area contributed by atoms with Crippen LogP contribution in [0.1, 0.15) is 20.8 Å². The summed E-state index contributed by atoms with van der Waals surface area (Å²) in [5.74, 6) is 0.910. The average molecular weight is 319 g/mol. The van der Waals surface area contributed by atoms with Crippen LogP contribution in [-0.4, -0.2) is 35.0 Å². The molecule has 6 heteroatoms. The van der Waals surface area contributed by atoms with Crippen molar-refractivity contribution in [1.82, 2.24) is 15.3 Å². The van der Waals surface area contributed by atoms with E-state index < -0.39 is 0 Å². The molecule has 0 atom stereocenters. The molecule has 2 aromatic rings. The number of nitrogens with zero attached hydrogens (tertiary/aromatic N) is 3. The highest BCUT2D eigenvalue weighted by Gasteiger charge is 2.32. The first kappa shape index (κ1) is 15.0. The van der Waals surface area contributed by atoms with Crippen molar-refractivity contribution in [3.05, 3.63) is 29.4 Å². The first-order chi connectivity index (χ1) is 10.3. The van der Waals surface area contributed by atoms with Gasteiger partial charge in [-0.3, -0.25) is 9.78 Å². The molecule has 0 aliphatic carbocycles. The molecule has 1 aliphatic heterocycles. The maximum Gasteiger partial charge on any atom is 0.225 e. The number of fused-ring (bicyclic) bond motifs is 1. The van der Waals surface area contributed by atoms with E-state index in [1.165, 1.54) is 0 Å². The second-order valence-electron chi connectivity index (χ2n) is 6.69. The summed E-state index contributed by atoms with van der Waals surface area (Å²) in [6.45, 7) is 7.27. The first-order valence-electron chi connectivity index (χ1n) is 7.31. The van der Waals surface area contributed by atoms with Crippen molar-refractivity contribution in [3.63, 3.8) is 0 Å². The van der Waals surface area contributed by atoms with Crippen LogP contribution in [0.5, 0.6) is 0 Å². The second kappa shape index (κ2) is 5.39. The predicted molar refractivity (Wildman–Crippen MR) is 88.1 cm³/mol. The molecule has 0 bridgehead atoms. The zero-order valence-electron chi connectivity index (χ0n) is 12.9. The highest BCUT2D eigenvalue weighted by molar-refractivity contribution is 6.31. The van der Waals surface area contributed by atoms with E-state index in [0.29, 0.717) is 5.02 Å². The number of hydrogen-bond donors (Lipinski definition) is 1. The number of anilines is 1. The number of nitrogens with one attached hydrogen (secondary N) is 1. The summed E-state index contributed by atoms with van der Waals surface area (Å²) in [4.78, 5) is 23.0. The number of carbonyl (C=O) groups is 1. The van der Waals surface area contributed by atoms with E-state index in [1.54, 1.807) is 12.3 Å². The van der Waals surface area contributed by atoms with E-state index in [9.17, 15) is 4.79 Å². The third-order valence-corrected chi connectivity index (χ3v) is 3.95. The Hall–Kier alpha value is -1.88. The third-order valence-electron chi connectivity index (χ3n) is 3.71. The summed E-state index contributed by atoms with van der Waals surface area (Å²) in [6.07, 6.45) is 1.75. The number of amides is 1. The molecule has 0 radical (unpaired) electrons. The van der Waals surface area contributed by atoms with Gasteiger partial charge < -0.3 is 10.2 Å². The van der Waals surface area contributed by atoms with Gasteiger partial charge in [-0.1, -0.05) is 32.4 Å². The fraction of sp³-hybridized carbons (Fsp3) is 0.438. The number of hydrogen-bond acceptors (Lipinski definition) is 4. The molecule has 1 amide bonds. The Kier molecular flexibility index (Phi) is 3.68. The Bertz CT molecular complexity index is 720. The highest BCUT2D eigenvalue weighted by Crippen LogP contribution is 2.23. The van der Waals surface area contributed by atoms with E-state index in [4.69, 9.17) is 11.6 Å². The Morgan fingerprint density at radius 2 is 2.05 bits per heavy atom. The van der Waals surface area contributed by atoms with Gasteiger partial charge in [0.2, 0.25) is 5.91 Å². The van der Waals surface area contributed by atoms with Gasteiger partial charge in [0.05, 0.1) is 23.3 Å². The summed E-state index contributed by atoms with van der Waals surface area (Å²) < 4.78 is 0. The summed E-state index contributed by atoms with van der Waals surface area (Å²) in [5, 5.41) is 3.71. The van der Waals surface area contributed by atoms with Crippen LogP contribution >= 0.6 is 11.6 Å². The summed E-state index contributed by atoms with van der Waals surface area (Å²) in [7, 11) is 0. The molecule has 22 heavy (non-hydrogen) atoms. The molecule has 0 spiro atoms. The van der Waals surface area contributed by atoms with Crippen LogP contribution < -0.4 is 10.2 Å². The van der Waals surface area contributed by atoms with Gasteiger partial charge in [-0.15, -0.1) is 0 Å². The molecule has 0 unspecified atom stereocenters. The van der Waals surface area contributed by atoms with Gasteiger partial charge >= 0.3 is 0 Å². The van der Waals surface area contributed by atoms with Gasteiger partial charge in [-0.2, -0.15) is 0 Å². The minimum atomic E-state index is -0.359. The van der Waals surface area contributed by atoms with E-state index in [-0.39, 0.29) is 17.4 Å². The Labute approximate surface area is 134 Å². The van der Waals surface area contributed by atoms with Crippen molar-refractivity contribution >= 4 is 34.4 Å². The van der Waals surface area contributed by atoms with Gasteiger partial charge in [0.15, 0.2) is 0 Å². The summed E-state index contributed by atoms with van der Waals surface area (Å²) in [6, 6.07) is 5.66. The van der Waals surface area contributed by atoms with Crippen LogP contribution in [0, 0.1) is 5.41 Å². The lowest BCUT2D eigenvalue weighted by Crippen LogP contribution is -2.61. The Morgan fingerprint density at radius 1 is 1.32 bits per heavy atom. The van der Waals surface area contributed by atoms with Gasteiger partial charge in [-0.25, -0.2) is 4.98 Å². The fourth-order valence-electron chi connectivity index (χ4n) is 2.29. The molecule has 1 aromatic carbocycles. The van der Waals surface area contributed by atoms with Crippen molar-refractivity contribution in [2.24, 2.45) is 5.41 Å². The van der Waals surface area contributed by atoms with Crippen LogP contribution in [0.3, 0.4) is 0 Å². The van der Waals surface area contributed by atoms with Crippen molar-refractivity contribution in [1.29, 1.82) is 0 Å². The maximum absolute atomic E-state index is 11.9. The standard InChI is InChI=1S/C16H19ClN4O/c1-16(2,3)15(22)19-11-8-21(9-11)14-7-18-13-6-10(17)4-5-12(13)20-14/h4-7,11H,8-9H2,1-3H3,(H,19,22). The lowest BCUT2D eigenvalue weighted by atomic mass is 9.94. The van der Waals surface area contributed by atoms with E-state index in [0.717, 1.165) is 29.9 Å². The lowest BCUT2D eigenvalue weighted by molar-refractivity contribution is -0.129. The molecule has 5 nitrogen and oxygen atoms in total. The van der Waals surface area contributed by atoms with Gasteiger partial charge in [0.25, 0.3) is 0 Å². The molecule has 1 saturated heterocycles. The van der Waals surface area contributed by atoms with E-state index in [2.05, 4.69) is 20.2 Å². The highest BCUT2D eigenvalue weighted by atomic mass is 35.5. The van der Waals surface area contributed by atoms with Crippen LogP contribution in [0.15, 0.2) is 24.4 Å². The lowest BCUT2D eigenvalue weighted by Gasteiger charge is -2.41. The number of rotatable bonds is 2. The summed E-state index contributed by atoms with van der Waals surface area (Å²) >= 11 is 5.95.